The molecular formula is C106H176N30O5. The van der Waals surface area contributed by atoms with Crippen LogP contribution in [0.1, 0.15) is 91.9 Å². The highest BCUT2D eigenvalue weighted by Gasteiger charge is 2.38. The molecule has 0 radical (unpaired) electrons. The summed E-state index contributed by atoms with van der Waals surface area (Å²) in [5, 5.41) is 34.5. The molecule has 35 nitrogen and oxygen atoms in total. The van der Waals surface area contributed by atoms with Gasteiger partial charge < -0.3 is 153 Å². The van der Waals surface area contributed by atoms with Crippen LogP contribution in [0.15, 0.2) is 171 Å². The average molecular weight is 1950 g/mol. The molecule has 14 aromatic heterocycles. The van der Waals surface area contributed by atoms with Crippen molar-refractivity contribution in [2.45, 2.75) is 110 Å². The molecule has 0 spiro atoms. The zero-order chi connectivity index (χ0) is 95.6. The zero-order valence-corrected chi connectivity index (χ0v) is 89.4. The van der Waals surface area contributed by atoms with Gasteiger partial charge in [-0.2, -0.15) is 0 Å². The Morgan fingerprint density at radius 1 is 0.376 bits per heavy atom. The first-order chi connectivity index (χ1) is 64.0. The van der Waals surface area contributed by atoms with Crippen molar-refractivity contribution in [1.29, 1.82) is 0 Å². The molecule has 35 heteroatoms. The quantitative estimate of drug-likeness (QED) is 0.0142. The van der Waals surface area contributed by atoms with Gasteiger partial charge in [-0.1, -0.05) is 42.5 Å². The molecule has 5 fully saturated rings. The first-order valence-corrected chi connectivity index (χ1v) is 48.0. The molecule has 15 N–H and O–H groups in total. The minimum absolute atomic E-state index is 0. The SMILES string of the molecule is CC(C)[N+](C)(CCOc1nn2ccccc2c1N)C(C)C.C[N+](C)(C)C1CCN(c2nn3ccccc3c2N)C1.C[N+](C)(C)CCOc1nn2ccccc2c1N.C[N+]1(CCCNc2nn3ccccc3c2N)CCCCC1.C[N+]1(CCOc2nn3ccccc3c2N)CCCCC1.C[N+]1(CCOc2nn3ccccc3c2N)CCOCC1.C[N+]1(c2nn3ccccc3c2N)CCCC1.[CH3-].[CH3-].[CH3-].[CH3-].[CH3-].[CH3-].[CH3-]. The molecule has 0 aromatic carbocycles. The number of likely N-dealkylation sites (N-methyl/N-ethyl adjacent to an activating group) is 5. The summed E-state index contributed by atoms with van der Waals surface area (Å²) in [6, 6.07) is 42.9. The lowest BCUT2D eigenvalue weighted by Crippen LogP contribution is -2.56. The van der Waals surface area contributed by atoms with Crippen LogP contribution in [-0.2, 0) is 4.74 Å². The molecule has 780 valence electrons. The summed E-state index contributed by atoms with van der Waals surface area (Å²) in [4.78, 5) is 2.32. The molecule has 5 aliphatic heterocycles. The topological polar surface area (TPSA) is 365 Å². The summed E-state index contributed by atoms with van der Waals surface area (Å²) in [7, 11) is 24.6. The normalized spacial score (nSPS) is 16.1. The van der Waals surface area contributed by atoms with Gasteiger partial charge in [-0.05, 0) is 151 Å². The number of morpholine rings is 1. The van der Waals surface area contributed by atoms with Gasteiger partial charge in [0.2, 0.25) is 0 Å². The first kappa shape index (κ1) is 118. The Morgan fingerprint density at radius 2 is 0.702 bits per heavy atom. The molecule has 0 aliphatic carbocycles. The van der Waals surface area contributed by atoms with Gasteiger partial charge in [0.25, 0.3) is 29.3 Å². The fourth-order valence-corrected chi connectivity index (χ4v) is 18.3. The minimum Gasteiger partial charge on any atom is -0.469 e. The zero-order valence-electron chi connectivity index (χ0n) is 89.4. The summed E-state index contributed by atoms with van der Waals surface area (Å²) in [6.07, 6.45) is 26.4. The van der Waals surface area contributed by atoms with Crippen LogP contribution < -0.4 is 73.8 Å². The van der Waals surface area contributed by atoms with Gasteiger partial charge in [0.05, 0.1) is 194 Å². The van der Waals surface area contributed by atoms with E-state index < -0.39 is 0 Å². The Labute approximate surface area is 842 Å². The number of ether oxygens (including phenoxy) is 5. The fourth-order valence-electron chi connectivity index (χ4n) is 18.3. The van der Waals surface area contributed by atoms with E-state index in [4.69, 9.17) is 63.8 Å². The number of likely N-dealkylation sites (tertiary alicyclic amines) is 3. The van der Waals surface area contributed by atoms with Gasteiger partial charge in [-0.15, -0.1) is 35.7 Å². The van der Waals surface area contributed by atoms with Gasteiger partial charge in [-0.25, -0.2) is 31.6 Å². The number of hydrogen-bond acceptors (Lipinski definition) is 21. The molecule has 5 aliphatic rings. The van der Waals surface area contributed by atoms with Crippen molar-refractivity contribution in [3.8, 4) is 23.5 Å². The molecule has 0 amide bonds. The van der Waals surface area contributed by atoms with Gasteiger partial charge in [0.15, 0.2) is 11.6 Å². The van der Waals surface area contributed by atoms with Crippen LogP contribution in [0.25, 0.3) is 38.6 Å². The highest BCUT2D eigenvalue weighted by atomic mass is 16.5. The van der Waals surface area contributed by atoms with E-state index in [1.807, 2.05) is 184 Å². The maximum atomic E-state index is 6.24. The number of quaternary nitrogens is 7. The Kier molecular flexibility index (Phi) is 43.4. The van der Waals surface area contributed by atoms with Crippen LogP contribution in [0.4, 0.5) is 57.3 Å². The van der Waals surface area contributed by atoms with E-state index in [-0.39, 0.29) is 52.0 Å². The Hall–Kier alpha value is -12.1. The number of fused-ring (bicyclic) bond motifs is 7. The van der Waals surface area contributed by atoms with E-state index in [1.54, 1.807) is 18.1 Å². The summed E-state index contributed by atoms with van der Waals surface area (Å²) >= 11 is 0. The molecule has 1 atom stereocenters. The highest BCUT2D eigenvalue weighted by Crippen LogP contribution is 2.36. The number of aromatic nitrogens is 14. The van der Waals surface area contributed by atoms with E-state index in [1.165, 1.54) is 95.0 Å². The van der Waals surface area contributed by atoms with Crippen molar-refractivity contribution < 1.29 is 50.6 Å². The Balaban J connectivity index is 0.000000250. The van der Waals surface area contributed by atoms with Crippen LogP contribution in [0.5, 0.6) is 23.5 Å². The lowest BCUT2D eigenvalue weighted by atomic mass is 10.1. The number of hydrogen-bond donors (Lipinski definition) is 8. The summed E-state index contributed by atoms with van der Waals surface area (Å²) in [5.41, 5.74) is 54.2. The number of piperidine rings is 2. The van der Waals surface area contributed by atoms with Crippen LogP contribution in [-0.4, -0.2) is 334 Å². The number of rotatable bonds is 26. The van der Waals surface area contributed by atoms with Crippen molar-refractivity contribution in [1.82, 2.24) is 71.8 Å². The number of anilines is 9. The second-order valence-corrected chi connectivity index (χ2v) is 40.4. The van der Waals surface area contributed by atoms with Crippen LogP contribution in [0, 0.1) is 52.0 Å². The minimum atomic E-state index is 0. The van der Waals surface area contributed by atoms with Crippen LogP contribution in [0.3, 0.4) is 0 Å². The maximum Gasteiger partial charge on any atom is 0.270 e. The molecule has 14 aromatic rings. The third-order valence-corrected chi connectivity index (χ3v) is 27.9. The van der Waals surface area contributed by atoms with Gasteiger partial charge >= 0.3 is 0 Å². The van der Waals surface area contributed by atoms with Gasteiger partial charge in [0, 0.05) is 82.2 Å². The summed E-state index contributed by atoms with van der Waals surface area (Å²) in [5.74, 6) is 4.90. The van der Waals surface area contributed by atoms with E-state index in [9.17, 15) is 0 Å². The van der Waals surface area contributed by atoms with Crippen molar-refractivity contribution in [2.24, 2.45) is 0 Å². The lowest BCUT2D eigenvalue weighted by molar-refractivity contribution is -0.949. The standard InChI is InChI=1S/C16H26N5.C16H27N4O.C15H23N4O.C14H22N5.C14H21N4O2.C12H19N4O.C12H17N4.7CH3/c1-21(11-5-2-6-12-21)13-7-9-18-16-15(17)14-8-3-4-10-20(14)19-16;1-12(2)20(5,13(3)4)10-11-21-16-15(17)14-8-6-7-9-19(14)18-16;1-19(9-5-2-6-10-19)11-12-20-15-14(16)13-7-3-4-8-18(13)17-15;1-19(2,3)11-7-9-17(10-11)14-13(15)12-6-4-5-8-18(12)16-14;1-18(6-9-19-10-7-18)8-11-20-14-13(15)12-4-2-3-5-17(12)16-14;1-16(2,3)8-9-17-12-11(13)10-6-4-5-7-15(10)14-12;1-16(8-4-5-9-16)12-11(13)10-6-2-3-7-15(10)14-12;;;;;;;/h3-4,8,10H,2,5-7,9,11-13,17H2,1H3,(H,18,19);6-9,12-13H,10-11,17H2,1-5H3;3-4,7-8H,2,5-6,9-12,16H2,1H3;4-6,8,11H,7,9-10,15H2,1-3H3;2-5H,6-11,15H2,1H3;4-7H,8-9,13H2,1-3H3;2-3,6-7H,4-5,8-9,13H2,1H3;7*1H3/q7*+1;7*-1. The first-order valence-electron chi connectivity index (χ1n) is 48.0. The van der Waals surface area contributed by atoms with Crippen molar-refractivity contribution in [2.75, 3.05) is 272 Å². The Morgan fingerprint density at radius 3 is 1.05 bits per heavy atom. The van der Waals surface area contributed by atoms with E-state index in [0.29, 0.717) is 90.8 Å². The smallest absolute Gasteiger partial charge is 0.270 e. The predicted molar refractivity (Wildman–Crippen MR) is 588 cm³/mol. The largest absolute Gasteiger partial charge is 0.469 e. The van der Waals surface area contributed by atoms with Gasteiger partial charge in [0.1, 0.15) is 112 Å². The van der Waals surface area contributed by atoms with Crippen LogP contribution >= 0.6 is 0 Å². The van der Waals surface area contributed by atoms with E-state index in [0.717, 1.165) is 192 Å². The van der Waals surface area contributed by atoms with Crippen molar-refractivity contribution >= 4 is 95.9 Å². The molecule has 19 heterocycles. The number of nitrogens with one attached hydrogen (secondary N) is 1. The highest BCUT2D eigenvalue weighted by molar-refractivity contribution is 5.83. The average Bonchev–Trinajstić information content (AvgIpc) is 1.60. The number of nitrogens with zero attached hydrogens (tertiary/aromatic N) is 22. The maximum absolute atomic E-state index is 6.24. The van der Waals surface area contributed by atoms with Crippen molar-refractivity contribution in [3.63, 3.8) is 0 Å². The molecular weight excluding hydrogens is 1770 g/mol. The molecule has 141 heavy (non-hydrogen) atoms. The van der Waals surface area contributed by atoms with Gasteiger partial charge in [-0.3, -0.25) is 4.48 Å². The summed E-state index contributed by atoms with van der Waals surface area (Å²) < 4.78 is 48.0. The third-order valence-electron chi connectivity index (χ3n) is 27.9. The molecule has 5 saturated heterocycles. The van der Waals surface area contributed by atoms with E-state index >= 15 is 0 Å². The second-order valence-electron chi connectivity index (χ2n) is 40.4. The lowest BCUT2D eigenvalue weighted by Gasteiger charge is -2.42. The fraction of sp³-hybridized carbons (Fsp3) is 0.472. The molecule has 0 bridgehead atoms. The third kappa shape index (κ3) is 29.8. The number of pyridine rings is 7. The summed E-state index contributed by atoms with van der Waals surface area (Å²) in [6.45, 7) is 30.7. The molecule has 1 unspecified atom stereocenters. The van der Waals surface area contributed by atoms with Crippen molar-refractivity contribution in [3.05, 3.63) is 223 Å². The second kappa shape index (κ2) is 52.1. The van der Waals surface area contributed by atoms with Crippen LogP contribution in [0.2, 0.25) is 0 Å². The molecule has 0 saturated carbocycles. The molecule has 19 rings (SSSR count). The number of nitrogen functional groups attached to an aromatic ring is 7. The van der Waals surface area contributed by atoms with E-state index in [2.05, 4.69) is 151 Å². The number of nitrogens with two attached hydrogens (primary N) is 7. The Bertz CT molecular complexity index is 5950. The monoisotopic (exact) mass is 1950 g/mol. The predicted octanol–water partition coefficient (Wildman–Crippen LogP) is 14.6.